The standard InChI is InChI=1S/C26H25N3O9/c1-28-17-15(21(33)22(17)34)9-4-5-12(30)14-10(9)6-8-7-11-18(29(2)3)20(32)16(25(27)37)24(36)26(11,38)23(35)13(8)19(14)31/h4-5,8,11,18,28,30-31,36,38H,6-7H2,1-3H3,(H2,27,37)/t8?,11-,18-,26-/m0/s1. The van der Waals surface area contributed by atoms with Gasteiger partial charge in [-0.25, -0.2) is 0 Å². The van der Waals surface area contributed by atoms with Crippen LogP contribution in [0.5, 0.6) is 5.75 Å². The molecule has 0 aromatic heterocycles. The van der Waals surface area contributed by atoms with E-state index in [1.807, 2.05) is 0 Å². The Morgan fingerprint density at radius 3 is 2.32 bits per heavy atom. The molecule has 2 aromatic rings. The number of anilines is 1. The second kappa shape index (κ2) is 8.10. The van der Waals surface area contributed by atoms with Gasteiger partial charge in [0.2, 0.25) is 16.6 Å². The lowest BCUT2D eigenvalue weighted by Crippen LogP contribution is -2.65. The third-order valence-electron chi connectivity index (χ3n) is 8.03. The summed E-state index contributed by atoms with van der Waals surface area (Å²) in [5.41, 5.74) is 0.509. The minimum atomic E-state index is -2.74. The Morgan fingerprint density at radius 2 is 1.74 bits per heavy atom. The minimum absolute atomic E-state index is 0.000235. The van der Waals surface area contributed by atoms with Gasteiger partial charge in [0.15, 0.2) is 11.4 Å². The smallest absolute Gasteiger partial charge is 0.255 e. The van der Waals surface area contributed by atoms with Crippen molar-refractivity contribution >= 4 is 28.9 Å². The van der Waals surface area contributed by atoms with Crippen LogP contribution in [0.2, 0.25) is 0 Å². The lowest BCUT2D eigenvalue weighted by molar-refractivity contribution is -0.153. The van der Waals surface area contributed by atoms with Crippen LogP contribution in [0.3, 0.4) is 0 Å². The highest BCUT2D eigenvalue weighted by atomic mass is 16.3. The Balaban J connectivity index is 1.76. The first-order valence-corrected chi connectivity index (χ1v) is 11.8. The van der Waals surface area contributed by atoms with Crippen molar-refractivity contribution in [3.63, 3.8) is 0 Å². The first-order chi connectivity index (χ1) is 17.8. The number of benzene rings is 1. The Kier molecular flexibility index (Phi) is 5.41. The van der Waals surface area contributed by atoms with Gasteiger partial charge in [-0.1, -0.05) is 6.07 Å². The Hall–Kier alpha value is -4.29. The summed E-state index contributed by atoms with van der Waals surface area (Å²) in [5, 5.41) is 47.1. The van der Waals surface area contributed by atoms with Gasteiger partial charge in [-0.3, -0.25) is 28.9 Å². The predicted molar refractivity (Wildman–Crippen MR) is 134 cm³/mol. The van der Waals surface area contributed by atoms with Crippen LogP contribution in [0.15, 0.2) is 38.6 Å². The first-order valence-electron chi connectivity index (χ1n) is 11.8. The fraction of sp³-hybridized carbons (Fsp3) is 0.346. The topological polar surface area (TPSA) is 208 Å². The predicted octanol–water partition coefficient (Wildman–Crippen LogP) is -0.731. The molecule has 3 aliphatic rings. The Labute approximate surface area is 215 Å². The number of hydrogen-bond donors (Lipinski definition) is 6. The Morgan fingerprint density at radius 1 is 1.08 bits per heavy atom. The molecule has 3 aliphatic carbocycles. The summed E-state index contributed by atoms with van der Waals surface area (Å²) >= 11 is 0. The number of carbonyl (C=O) groups excluding carboxylic acids is 3. The zero-order valence-corrected chi connectivity index (χ0v) is 20.7. The van der Waals surface area contributed by atoms with Crippen molar-refractivity contribution in [2.24, 2.45) is 17.6 Å². The molecule has 0 saturated heterocycles. The average Bonchev–Trinajstić information content (AvgIpc) is 2.84. The molecule has 1 saturated carbocycles. The maximum absolute atomic E-state index is 13.8. The number of likely N-dealkylation sites (N-methyl/N-ethyl adjacent to an activating group) is 1. The number of aliphatic hydroxyl groups is 3. The van der Waals surface area contributed by atoms with E-state index in [1.54, 1.807) is 0 Å². The molecule has 5 rings (SSSR count). The number of primary amides is 1. The quantitative estimate of drug-likeness (QED) is 0.217. The number of fused-ring (bicyclic) bond motifs is 3. The first kappa shape index (κ1) is 25.4. The van der Waals surface area contributed by atoms with Crippen molar-refractivity contribution in [2.45, 2.75) is 24.5 Å². The van der Waals surface area contributed by atoms with Crippen molar-refractivity contribution in [3.8, 4) is 16.9 Å². The van der Waals surface area contributed by atoms with E-state index in [0.29, 0.717) is 5.56 Å². The fourth-order valence-electron chi connectivity index (χ4n) is 6.37. The van der Waals surface area contributed by atoms with Crippen LogP contribution in [-0.4, -0.2) is 75.6 Å². The van der Waals surface area contributed by atoms with E-state index in [2.05, 4.69) is 5.32 Å². The zero-order valence-electron chi connectivity index (χ0n) is 20.7. The average molecular weight is 523 g/mol. The monoisotopic (exact) mass is 523 g/mol. The number of rotatable bonds is 4. The summed E-state index contributed by atoms with van der Waals surface area (Å²) in [6.07, 6.45) is -0.0914. The van der Waals surface area contributed by atoms with Crippen molar-refractivity contribution < 1.29 is 34.8 Å². The third-order valence-corrected chi connectivity index (χ3v) is 8.03. The number of nitrogens with one attached hydrogen (secondary N) is 1. The lowest BCUT2D eigenvalue weighted by atomic mass is 9.57. The number of ketones is 2. The Bertz CT molecular complexity index is 1610. The van der Waals surface area contributed by atoms with Gasteiger partial charge in [-0.2, -0.15) is 0 Å². The molecule has 1 amide bonds. The zero-order chi connectivity index (χ0) is 28.0. The summed E-state index contributed by atoms with van der Waals surface area (Å²) in [7, 11) is 4.49. The maximum Gasteiger partial charge on any atom is 0.255 e. The van der Waals surface area contributed by atoms with Gasteiger partial charge in [0.1, 0.15) is 22.8 Å². The van der Waals surface area contributed by atoms with Gasteiger partial charge in [0.25, 0.3) is 5.91 Å². The van der Waals surface area contributed by atoms with Crippen molar-refractivity contribution in [3.05, 3.63) is 60.6 Å². The number of nitrogens with zero attached hydrogens (tertiary/aromatic N) is 1. The molecule has 1 fully saturated rings. The molecule has 38 heavy (non-hydrogen) atoms. The number of amides is 1. The molecule has 0 aliphatic heterocycles. The van der Waals surface area contributed by atoms with Crippen LogP contribution in [0.25, 0.3) is 16.9 Å². The molecule has 0 radical (unpaired) electrons. The molecule has 12 nitrogen and oxygen atoms in total. The molecular weight excluding hydrogens is 498 g/mol. The fourth-order valence-corrected chi connectivity index (χ4v) is 6.37. The van der Waals surface area contributed by atoms with Crippen LogP contribution in [0, 0.1) is 11.8 Å². The van der Waals surface area contributed by atoms with E-state index in [-0.39, 0.29) is 40.8 Å². The van der Waals surface area contributed by atoms with Crippen LogP contribution < -0.4 is 21.9 Å². The number of hydrogen-bond acceptors (Lipinski definition) is 11. The van der Waals surface area contributed by atoms with Gasteiger partial charge >= 0.3 is 0 Å². The van der Waals surface area contributed by atoms with E-state index in [0.717, 1.165) is 0 Å². The minimum Gasteiger partial charge on any atom is -0.508 e. The molecule has 0 bridgehead atoms. The van der Waals surface area contributed by atoms with Crippen molar-refractivity contribution in [1.29, 1.82) is 0 Å². The summed E-state index contributed by atoms with van der Waals surface area (Å²) in [5.74, 6) is -7.59. The molecular formula is C26H25N3O9. The maximum atomic E-state index is 13.8. The molecule has 2 aromatic carbocycles. The van der Waals surface area contributed by atoms with Gasteiger partial charge < -0.3 is 31.5 Å². The van der Waals surface area contributed by atoms with E-state index in [1.165, 1.54) is 38.2 Å². The number of aromatic hydroxyl groups is 1. The second-order valence-corrected chi connectivity index (χ2v) is 10.1. The number of Topliss-reactive ketones (excluding diaryl/α,β-unsaturated/α-hetero) is 2. The molecule has 4 atom stereocenters. The summed E-state index contributed by atoms with van der Waals surface area (Å²) in [4.78, 5) is 64.9. The second-order valence-electron chi connectivity index (χ2n) is 10.1. The van der Waals surface area contributed by atoms with E-state index < -0.39 is 74.7 Å². The number of phenols is 1. The highest BCUT2D eigenvalue weighted by Crippen LogP contribution is 2.53. The number of nitrogens with two attached hydrogens (primary N) is 1. The molecule has 0 heterocycles. The normalized spacial score (nSPS) is 26.9. The van der Waals surface area contributed by atoms with Crippen molar-refractivity contribution in [1.82, 2.24) is 4.90 Å². The van der Waals surface area contributed by atoms with Crippen LogP contribution in [-0.2, 0) is 20.8 Å². The van der Waals surface area contributed by atoms with Crippen LogP contribution in [0.1, 0.15) is 17.5 Å². The van der Waals surface area contributed by atoms with Gasteiger partial charge in [0, 0.05) is 18.5 Å². The highest BCUT2D eigenvalue weighted by molar-refractivity contribution is 6.24. The van der Waals surface area contributed by atoms with Gasteiger partial charge in [-0.05, 0) is 50.0 Å². The van der Waals surface area contributed by atoms with Crippen LogP contribution >= 0.6 is 0 Å². The van der Waals surface area contributed by atoms with E-state index >= 15 is 0 Å². The summed E-state index contributed by atoms with van der Waals surface area (Å²) in [6.45, 7) is 0. The van der Waals surface area contributed by atoms with Crippen molar-refractivity contribution in [2.75, 3.05) is 26.5 Å². The third kappa shape index (κ3) is 2.95. The molecule has 7 N–H and O–H groups in total. The highest BCUT2D eigenvalue weighted by Gasteiger charge is 2.64. The number of carbonyl (C=O) groups is 3. The van der Waals surface area contributed by atoms with E-state index in [9.17, 15) is 44.4 Å². The number of phenolic OH excluding ortho intramolecular Hbond substituents is 1. The molecule has 0 spiro atoms. The lowest BCUT2D eigenvalue weighted by Gasteiger charge is -2.50. The molecule has 12 heteroatoms. The number of aliphatic hydroxyl groups excluding tert-OH is 2. The van der Waals surface area contributed by atoms with Gasteiger partial charge in [-0.15, -0.1) is 0 Å². The largest absolute Gasteiger partial charge is 0.508 e. The summed E-state index contributed by atoms with van der Waals surface area (Å²) in [6, 6.07) is 1.43. The summed E-state index contributed by atoms with van der Waals surface area (Å²) < 4.78 is 0. The molecule has 198 valence electrons. The molecule has 1 unspecified atom stereocenters. The van der Waals surface area contributed by atoms with E-state index in [4.69, 9.17) is 5.73 Å². The van der Waals surface area contributed by atoms with Gasteiger partial charge in [0.05, 0.1) is 22.9 Å². The SMILES string of the molecule is CNc1c(-c2ccc(O)c3c2CC2C[C@H]4[C@H](N(C)C)C(=O)C(C(N)=O)=C(O)[C@@]4(O)C(=O)C2=C3O)c(=O)c1=O. The van der Waals surface area contributed by atoms with Crippen LogP contribution in [0.4, 0.5) is 5.69 Å².